The number of amides is 2. The summed E-state index contributed by atoms with van der Waals surface area (Å²) < 4.78 is 42.0. The van der Waals surface area contributed by atoms with Gasteiger partial charge in [0.2, 0.25) is 5.43 Å². The molecule has 0 bridgehead atoms. The standard InChI is InChI=1S/C24H19ClF3N3O4/c1-2-12-7-13(25)3-4-19(12)31-6-5-30-11-16(21(32)22(33)20(30)24(31)35)23(34)29-10-15-17(27)8-14(26)9-18(15)28/h3-4,7-9,11,33H,2,5-6,10H2,1H3,(H,29,34). The molecule has 2 aromatic carbocycles. The number of aromatic nitrogens is 1. The second kappa shape index (κ2) is 9.46. The number of pyridine rings is 1. The van der Waals surface area contributed by atoms with Crippen molar-refractivity contribution in [3.05, 3.63) is 91.6 Å². The zero-order chi connectivity index (χ0) is 25.4. The van der Waals surface area contributed by atoms with Gasteiger partial charge in [0.05, 0.1) is 0 Å². The molecule has 7 nitrogen and oxygen atoms in total. The first-order chi connectivity index (χ1) is 16.6. The van der Waals surface area contributed by atoms with Gasteiger partial charge in [-0.1, -0.05) is 18.5 Å². The molecule has 1 aliphatic heterocycles. The summed E-state index contributed by atoms with van der Waals surface area (Å²) >= 11 is 6.05. The third-order valence-corrected chi connectivity index (χ3v) is 5.99. The lowest BCUT2D eigenvalue weighted by Crippen LogP contribution is -2.43. The number of carbonyl (C=O) groups excluding carboxylic acids is 2. The van der Waals surface area contributed by atoms with Crippen LogP contribution in [0, 0.1) is 17.5 Å². The van der Waals surface area contributed by atoms with Crippen LogP contribution in [-0.2, 0) is 19.5 Å². The fourth-order valence-corrected chi connectivity index (χ4v) is 4.18. The largest absolute Gasteiger partial charge is 0.503 e. The predicted molar refractivity (Wildman–Crippen MR) is 122 cm³/mol. The maximum Gasteiger partial charge on any atom is 0.278 e. The zero-order valence-corrected chi connectivity index (χ0v) is 19.1. The number of halogens is 4. The highest BCUT2D eigenvalue weighted by atomic mass is 35.5. The smallest absolute Gasteiger partial charge is 0.278 e. The third-order valence-electron chi connectivity index (χ3n) is 5.76. The number of hydrogen-bond donors (Lipinski definition) is 2. The number of benzene rings is 2. The summed E-state index contributed by atoms with van der Waals surface area (Å²) in [6.45, 7) is 1.58. The van der Waals surface area contributed by atoms with Crippen LogP contribution >= 0.6 is 11.6 Å². The first-order valence-corrected chi connectivity index (χ1v) is 11.0. The maximum atomic E-state index is 13.8. The Hall–Kier alpha value is -3.79. The third kappa shape index (κ3) is 4.49. The number of anilines is 1. The highest BCUT2D eigenvalue weighted by Crippen LogP contribution is 2.30. The number of fused-ring (bicyclic) bond motifs is 1. The molecule has 11 heteroatoms. The molecule has 0 aliphatic carbocycles. The van der Waals surface area contributed by atoms with E-state index in [1.54, 1.807) is 18.2 Å². The Morgan fingerprint density at radius 1 is 1.11 bits per heavy atom. The van der Waals surface area contributed by atoms with Crippen LogP contribution in [0.1, 0.15) is 38.9 Å². The first-order valence-electron chi connectivity index (χ1n) is 10.6. The molecule has 1 aromatic heterocycles. The van der Waals surface area contributed by atoms with Gasteiger partial charge in [-0.25, -0.2) is 13.2 Å². The minimum atomic E-state index is -1.20. The van der Waals surface area contributed by atoms with Gasteiger partial charge in [-0.3, -0.25) is 14.4 Å². The van der Waals surface area contributed by atoms with E-state index in [9.17, 15) is 32.7 Å². The van der Waals surface area contributed by atoms with Crippen LogP contribution in [0.15, 0.2) is 41.3 Å². The molecular formula is C24H19ClF3N3O4. The summed E-state index contributed by atoms with van der Waals surface area (Å²) in [5.74, 6) is -6.09. The fourth-order valence-electron chi connectivity index (χ4n) is 3.98. The topological polar surface area (TPSA) is 91.6 Å². The van der Waals surface area contributed by atoms with E-state index in [1.807, 2.05) is 6.92 Å². The highest BCUT2D eigenvalue weighted by Gasteiger charge is 2.32. The molecule has 0 atom stereocenters. The van der Waals surface area contributed by atoms with Crippen molar-refractivity contribution in [3.8, 4) is 5.75 Å². The van der Waals surface area contributed by atoms with E-state index in [2.05, 4.69) is 5.32 Å². The molecule has 0 fully saturated rings. The van der Waals surface area contributed by atoms with Crippen molar-refractivity contribution in [3.63, 3.8) is 0 Å². The summed E-state index contributed by atoms with van der Waals surface area (Å²) in [5, 5.41) is 13.2. The van der Waals surface area contributed by atoms with Gasteiger partial charge in [0, 0.05) is 54.2 Å². The average Bonchev–Trinajstić information content (AvgIpc) is 2.80. The van der Waals surface area contributed by atoms with Crippen molar-refractivity contribution < 1.29 is 27.9 Å². The van der Waals surface area contributed by atoms with Gasteiger partial charge in [0.15, 0.2) is 11.4 Å². The number of aromatic hydroxyl groups is 1. The van der Waals surface area contributed by atoms with Gasteiger partial charge in [-0.05, 0) is 30.2 Å². The molecule has 2 heterocycles. The molecule has 2 amide bonds. The second-order valence-electron chi connectivity index (χ2n) is 7.88. The average molecular weight is 506 g/mol. The van der Waals surface area contributed by atoms with Crippen LogP contribution in [0.5, 0.6) is 5.75 Å². The lowest BCUT2D eigenvalue weighted by atomic mass is 10.1. The van der Waals surface area contributed by atoms with Crippen molar-refractivity contribution in [2.45, 2.75) is 26.4 Å². The van der Waals surface area contributed by atoms with E-state index < -0.39 is 58.1 Å². The number of carbonyl (C=O) groups is 2. The lowest BCUT2D eigenvalue weighted by molar-refractivity contribution is 0.0934. The molecule has 0 radical (unpaired) electrons. The van der Waals surface area contributed by atoms with E-state index in [0.29, 0.717) is 29.3 Å². The summed E-state index contributed by atoms with van der Waals surface area (Å²) in [4.78, 5) is 39.9. The summed E-state index contributed by atoms with van der Waals surface area (Å²) in [7, 11) is 0. The Balaban J connectivity index is 1.63. The van der Waals surface area contributed by atoms with Gasteiger partial charge in [0.1, 0.15) is 23.0 Å². The maximum absolute atomic E-state index is 13.8. The van der Waals surface area contributed by atoms with Gasteiger partial charge < -0.3 is 19.9 Å². The van der Waals surface area contributed by atoms with Crippen LogP contribution in [0.3, 0.4) is 0 Å². The number of rotatable bonds is 5. The zero-order valence-electron chi connectivity index (χ0n) is 18.4. The Labute approximate surface area is 202 Å². The summed E-state index contributed by atoms with van der Waals surface area (Å²) in [6.07, 6.45) is 1.70. The van der Waals surface area contributed by atoms with Crippen molar-refractivity contribution in [1.29, 1.82) is 0 Å². The molecular weight excluding hydrogens is 487 g/mol. The van der Waals surface area contributed by atoms with Gasteiger partial charge in [-0.2, -0.15) is 0 Å². The molecule has 35 heavy (non-hydrogen) atoms. The Morgan fingerprint density at radius 3 is 2.46 bits per heavy atom. The molecule has 182 valence electrons. The number of aryl methyl sites for hydroxylation is 1. The molecule has 4 rings (SSSR count). The Morgan fingerprint density at radius 2 is 1.80 bits per heavy atom. The lowest BCUT2D eigenvalue weighted by Gasteiger charge is -2.31. The number of hydrogen-bond acceptors (Lipinski definition) is 4. The van der Waals surface area contributed by atoms with Gasteiger partial charge in [-0.15, -0.1) is 0 Å². The van der Waals surface area contributed by atoms with Crippen molar-refractivity contribution in [2.75, 3.05) is 11.4 Å². The molecule has 0 spiro atoms. The monoisotopic (exact) mass is 505 g/mol. The Kier molecular flexibility index (Phi) is 6.58. The predicted octanol–water partition coefficient (Wildman–Crippen LogP) is 3.78. The minimum absolute atomic E-state index is 0.155. The highest BCUT2D eigenvalue weighted by molar-refractivity contribution is 6.30. The normalized spacial score (nSPS) is 13.1. The van der Waals surface area contributed by atoms with Crippen LogP contribution < -0.4 is 15.6 Å². The van der Waals surface area contributed by atoms with Gasteiger partial charge >= 0.3 is 0 Å². The quantitative estimate of drug-likeness (QED) is 0.552. The summed E-state index contributed by atoms with van der Waals surface area (Å²) in [6, 6.07) is 5.97. The molecule has 0 saturated heterocycles. The van der Waals surface area contributed by atoms with Crippen molar-refractivity contribution in [2.24, 2.45) is 0 Å². The van der Waals surface area contributed by atoms with E-state index in [-0.39, 0.29) is 18.8 Å². The minimum Gasteiger partial charge on any atom is -0.503 e. The van der Waals surface area contributed by atoms with E-state index in [0.717, 1.165) is 11.8 Å². The molecule has 1 aliphatic rings. The fraction of sp³-hybridized carbons (Fsp3) is 0.208. The van der Waals surface area contributed by atoms with Crippen LogP contribution in [0.4, 0.5) is 18.9 Å². The van der Waals surface area contributed by atoms with Gasteiger partial charge in [0.25, 0.3) is 11.8 Å². The second-order valence-corrected chi connectivity index (χ2v) is 8.31. The molecule has 0 saturated carbocycles. The number of nitrogens with one attached hydrogen (secondary N) is 1. The first kappa shape index (κ1) is 24.3. The van der Waals surface area contributed by atoms with E-state index >= 15 is 0 Å². The molecule has 0 unspecified atom stereocenters. The Bertz CT molecular complexity index is 1400. The van der Waals surface area contributed by atoms with Crippen LogP contribution in [0.2, 0.25) is 5.02 Å². The van der Waals surface area contributed by atoms with Crippen molar-refractivity contribution in [1.82, 2.24) is 9.88 Å². The molecule has 3 aromatic rings. The van der Waals surface area contributed by atoms with Crippen LogP contribution in [0.25, 0.3) is 0 Å². The van der Waals surface area contributed by atoms with E-state index in [1.165, 1.54) is 9.47 Å². The number of nitrogens with zero attached hydrogens (tertiary/aromatic N) is 2. The van der Waals surface area contributed by atoms with E-state index in [4.69, 9.17) is 11.6 Å². The SMILES string of the molecule is CCc1cc(Cl)ccc1N1CCn2cc(C(=O)NCc3c(F)cc(F)cc3F)c(=O)c(O)c2C1=O. The van der Waals surface area contributed by atoms with Crippen LogP contribution in [-0.4, -0.2) is 28.0 Å². The molecule has 2 N–H and O–H groups in total. The van der Waals surface area contributed by atoms with Crippen molar-refractivity contribution >= 4 is 29.1 Å². The summed E-state index contributed by atoms with van der Waals surface area (Å²) in [5.41, 5.74) is -1.12.